The lowest BCUT2D eigenvalue weighted by Crippen LogP contribution is -2.41. The average molecular weight is 291 g/mol. The molecule has 0 saturated carbocycles. The van der Waals surface area contributed by atoms with Gasteiger partial charge in [-0.25, -0.2) is 8.78 Å². The lowest BCUT2D eigenvalue weighted by Gasteiger charge is -2.25. The summed E-state index contributed by atoms with van der Waals surface area (Å²) in [5, 5.41) is 0. The standard InChI is InChI=1S/C17H19F2NO/c1-17(20,10-12-3-7-15(21-2)8-4-12)11-13-5-6-14(18)9-16(13)19/h3-9H,10-11,20H2,1-2H3. The molecule has 0 aromatic heterocycles. The Bertz CT molecular complexity index is 609. The van der Waals surface area contributed by atoms with Crippen molar-refractivity contribution in [2.45, 2.75) is 25.3 Å². The molecule has 0 aliphatic carbocycles. The first-order valence-electron chi connectivity index (χ1n) is 6.75. The zero-order chi connectivity index (χ0) is 15.5. The van der Waals surface area contributed by atoms with E-state index in [4.69, 9.17) is 10.5 Å². The molecule has 2 aromatic carbocycles. The second-order valence-corrected chi connectivity index (χ2v) is 5.59. The van der Waals surface area contributed by atoms with E-state index in [1.54, 1.807) is 7.11 Å². The Morgan fingerprint density at radius 3 is 2.29 bits per heavy atom. The highest BCUT2D eigenvalue weighted by molar-refractivity contribution is 5.29. The Hall–Kier alpha value is -1.94. The highest BCUT2D eigenvalue weighted by Gasteiger charge is 2.21. The molecule has 0 spiro atoms. The molecule has 2 N–H and O–H groups in total. The Balaban J connectivity index is 2.10. The number of hydrogen-bond acceptors (Lipinski definition) is 2. The molecule has 21 heavy (non-hydrogen) atoms. The van der Waals surface area contributed by atoms with Gasteiger partial charge in [0.1, 0.15) is 17.4 Å². The SMILES string of the molecule is COc1ccc(CC(C)(N)Cc2ccc(F)cc2F)cc1. The Kier molecular flexibility index (Phi) is 4.58. The third kappa shape index (κ3) is 4.26. The summed E-state index contributed by atoms with van der Waals surface area (Å²) in [6.07, 6.45) is 0.930. The quantitative estimate of drug-likeness (QED) is 0.915. The van der Waals surface area contributed by atoms with Crippen LogP contribution in [0.3, 0.4) is 0 Å². The Labute approximate surface area is 123 Å². The highest BCUT2D eigenvalue weighted by atomic mass is 19.1. The maximum absolute atomic E-state index is 13.7. The van der Waals surface area contributed by atoms with E-state index in [0.717, 1.165) is 17.4 Å². The van der Waals surface area contributed by atoms with Crippen LogP contribution in [0.5, 0.6) is 5.75 Å². The molecule has 0 saturated heterocycles. The van der Waals surface area contributed by atoms with E-state index in [-0.39, 0.29) is 0 Å². The van der Waals surface area contributed by atoms with Gasteiger partial charge < -0.3 is 10.5 Å². The fraction of sp³-hybridized carbons (Fsp3) is 0.294. The van der Waals surface area contributed by atoms with Crippen LogP contribution >= 0.6 is 0 Å². The molecule has 0 radical (unpaired) electrons. The third-order valence-corrected chi connectivity index (χ3v) is 3.38. The van der Waals surface area contributed by atoms with E-state index in [0.29, 0.717) is 18.4 Å². The minimum Gasteiger partial charge on any atom is -0.497 e. The number of ether oxygens (including phenoxy) is 1. The van der Waals surface area contributed by atoms with Crippen LogP contribution in [-0.4, -0.2) is 12.6 Å². The topological polar surface area (TPSA) is 35.2 Å². The molecular weight excluding hydrogens is 272 g/mol. The van der Waals surface area contributed by atoms with Gasteiger partial charge in [0.05, 0.1) is 7.11 Å². The molecule has 1 atom stereocenters. The Morgan fingerprint density at radius 2 is 1.71 bits per heavy atom. The molecule has 0 aliphatic rings. The average Bonchev–Trinajstić information content (AvgIpc) is 2.42. The van der Waals surface area contributed by atoms with Crippen molar-refractivity contribution in [1.82, 2.24) is 0 Å². The molecule has 2 aromatic rings. The van der Waals surface area contributed by atoms with Crippen molar-refractivity contribution in [3.05, 3.63) is 65.2 Å². The minimum absolute atomic E-state index is 0.338. The summed E-state index contributed by atoms with van der Waals surface area (Å²) in [5.74, 6) is -0.353. The van der Waals surface area contributed by atoms with Crippen molar-refractivity contribution in [3.8, 4) is 5.75 Å². The van der Waals surface area contributed by atoms with Crippen LogP contribution in [0.1, 0.15) is 18.1 Å². The monoisotopic (exact) mass is 291 g/mol. The van der Waals surface area contributed by atoms with Crippen molar-refractivity contribution in [2.75, 3.05) is 7.11 Å². The van der Waals surface area contributed by atoms with Crippen LogP contribution in [0.25, 0.3) is 0 Å². The first-order valence-corrected chi connectivity index (χ1v) is 6.75. The second kappa shape index (κ2) is 6.22. The molecule has 0 aliphatic heterocycles. The number of hydrogen-bond donors (Lipinski definition) is 1. The fourth-order valence-electron chi connectivity index (χ4n) is 2.37. The van der Waals surface area contributed by atoms with E-state index >= 15 is 0 Å². The predicted molar refractivity (Wildman–Crippen MR) is 79.4 cm³/mol. The van der Waals surface area contributed by atoms with E-state index in [2.05, 4.69) is 0 Å². The number of halogens is 2. The van der Waals surface area contributed by atoms with Crippen molar-refractivity contribution < 1.29 is 13.5 Å². The summed E-state index contributed by atoms with van der Waals surface area (Å²) in [6.45, 7) is 1.86. The molecule has 0 fully saturated rings. The highest BCUT2D eigenvalue weighted by Crippen LogP contribution is 2.21. The normalized spacial score (nSPS) is 13.8. The second-order valence-electron chi connectivity index (χ2n) is 5.59. The molecule has 2 rings (SSSR count). The maximum atomic E-state index is 13.7. The van der Waals surface area contributed by atoms with Crippen molar-refractivity contribution >= 4 is 0 Å². The van der Waals surface area contributed by atoms with Gasteiger partial charge in [0.2, 0.25) is 0 Å². The summed E-state index contributed by atoms with van der Waals surface area (Å²) >= 11 is 0. The van der Waals surface area contributed by atoms with Crippen LogP contribution in [0.2, 0.25) is 0 Å². The summed E-state index contributed by atoms with van der Waals surface area (Å²) in [7, 11) is 1.61. The molecule has 2 nitrogen and oxygen atoms in total. The van der Waals surface area contributed by atoms with E-state index < -0.39 is 17.2 Å². The van der Waals surface area contributed by atoms with Crippen molar-refractivity contribution in [2.24, 2.45) is 5.73 Å². The molecule has 0 bridgehead atoms. The molecule has 0 amide bonds. The van der Waals surface area contributed by atoms with Crippen LogP contribution in [-0.2, 0) is 12.8 Å². The van der Waals surface area contributed by atoms with E-state index in [1.807, 2.05) is 31.2 Å². The molecule has 112 valence electrons. The van der Waals surface area contributed by atoms with Gasteiger partial charge in [-0.05, 0) is 49.1 Å². The summed E-state index contributed by atoms with van der Waals surface area (Å²) in [4.78, 5) is 0. The van der Waals surface area contributed by atoms with Gasteiger partial charge in [-0.1, -0.05) is 18.2 Å². The number of methoxy groups -OCH3 is 1. The van der Waals surface area contributed by atoms with Gasteiger partial charge in [-0.15, -0.1) is 0 Å². The smallest absolute Gasteiger partial charge is 0.129 e. The molecular formula is C17H19F2NO. The summed E-state index contributed by atoms with van der Waals surface area (Å²) in [5.41, 5.74) is 7.12. The maximum Gasteiger partial charge on any atom is 0.129 e. The molecule has 4 heteroatoms. The summed E-state index contributed by atoms with van der Waals surface area (Å²) in [6, 6.07) is 11.2. The minimum atomic E-state index is -0.618. The zero-order valence-corrected chi connectivity index (χ0v) is 12.2. The lowest BCUT2D eigenvalue weighted by molar-refractivity contribution is 0.414. The lowest BCUT2D eigenvalue weighted by atomic mass is 9.87. The van der Waals surface area contributed by atoms with Gasteiger partial charge in [-0.2, -0.15) is 0 Å². The van der Waals surface area contributed by atoms with Gasteiger partial charge in [-0.3, -0.25) is 0 Å². The van der Waals surface area contributed by atoms with Crippen molar-refractivity contribution in [3.63, 3.8) is 0 Å². The van der Waals surface area contributed by atoms with Gasteiger partial charge in [0.25, 0.3) is 0 Å². The van der Waals surface area contributed by atoms with Gasteiger partial charge >= 0.3 is 0 Å². The molecule has 0 heterocycles. The number of nitrogens with two attached hydrogens (primary N) is 1. The van der Waals surface area contributed by atoms with E-state index in [9.17, 15) is 8.78 Å². The third-order valence-electron chi connectivity index (χ3n) is 3.38. The largest absolute Gasteiger partial charge is 0.497 e. The summed E-state index contributed by atoms with van der Waals surface area (Å²) < 4.78 is 31.7. The predicted octanol–water partition coefficient (Wildman–Crippen LogP) is 3.48. The van der Waals surface area contributed by atoms with Gasteiger partial charge in [0, 0.05) is 11.6 Å². The Morgan fingerprint density at radius 1 is 1.05 bits per heavy atom. The fourth-order valence-corrected chi connectivity index (χ4v) is 2.37. The van der Waals surface area contributed by atoms with Crippen LogP contribution in [0, 0.1) is 11.6 Å². The first kappa shape index (κ1) is 15.4. The van der Waals surface area contributed by atoms with Gasteiger partial charge in [0.15, 0.2) is 0 Å². The van der Waals surface area contributed by atoms with Crippen LogP contribution in [0.4, 0.5) is 8.78 Å². The van der Waals surface area contributed by atoms with Crippen molar-refractivity contribution in [1.29, 1.82) is 0 Å². The van der Waals surface area contributed by atoms with E-state index in [1.165, 1.54) is 12.1 Å². The number of rotatable bonds is 5. The van der Waals surface area contributed by atoms with Crippen LogP contribution in [0.15, 0.2) is 42.5 Å². The van der Waals surface area contributed by atoms with Crippen LogP contribution < -0.4 is 10.5 Å². The number of benzene rings is 2. The molecule has 1 unspecified atom stereocenters. The first-order chi connectivity index (χ1) is 9.89. The zero-order valence-electron chi connectivity index (χ0n) is 12.2.